The number of likely N-dealkylation sites (tertiary alicyclic amines) is 1. The summed E-state index contributed by atoms with van der Waals surface area (Å²) in [4.78, 5) is 45.8. The lowest BCUT2D eigenvalue weighted by Crippen LogP contribution is -2.59. The molecule has 0 radical (unpaired) electrons. The van der Waals surface area contributed by atoms with Crippen molar-refractivity contribution in [2.75, 3.05) is 24.7 Å². The summed E-state index contributed by atoms with van der Waals surface area (Å²) in [6, 6.07) is 14.6. The molecule has 2 unspecified atom stereocenters. The van der Waals surface area contributed by atoms with E-state index in [2.05, 4.69) is 13.2 Å². The number of nitrogens with zero attached hydrogens (tertiary/aromatic N) is 2. The van der Waals surface area contributed by atoms with Crippen LogP contribution in [-0.4, -0.2) is 70.8 Å². The molecule has 1 N–H and O–H groups in total. The Hall–Kier alpha value is -3.46. The van der Waals surface area contributed by atoms with Crippen LogP contribution in [0.25, 0.3) is 0 Å². The molecule has 5 rings (SSSR count). The zero-order valence-corrected chi connectivity index (χ0v) is 24.5. The van der Waals surface area contributed by atoms with Crippen molar-refractivity contribution in [1.82, 2.24) is 4.90 Å². The number of halogens is 1. The predicted octanol–water partition coefficient (Wildman–Crippen LogP) is 4.35. The van der Waals surface area contributed by atoms with Gasteiger partial charge in [-0.2, -0.15) is 0 Å². The number of aliphatic hydroxyl groups excluding tert-OH is 1. The fourth-order valence-corrected chi connectivity index (χ4v) is 7.36. The van der Waals surface area contributed by atoms with E-state index in [1.165, 1.54) is 9.80 Å². The van der Waals surface area contributed by atoms with Crippen LogP contribution in [0.1, 0.15) is 31.7 Å². The third-order valence-electron chi connectivity index (χ3n) is 8.91. The Morgan fingerprint density at radius 1 is 1.17 bits per heavy atom. The molecule has 0 saturated carbocycles. The van der Waals surface area contributed by atoms with E-state index in [4.69, 9.17) is 21.1 Å². The molecule has 6 atom stereocenters. The van der Waals surface area contributed by atoms with Crippen molar-refractivity contribution >= 4 is 35.1 Å². The smallest absolute Gasteiger partial charge is 0.312 e. The summed E-state index contributed by atoms with van der Waals surface area (Å²) in [6.07, 6.45) is 4.92. The molecule has 2 bridgehead atoms. The van der Waals surface area contributed by atoms with Gasteiger partial charge in [0.25, 0.3) is 5.91 Å². The molecule has 8 nitrogen and oxygen atoms in total. The highest BCUT2D eigenvalue weighted by molar-refractivity contribution is 6.34. The largest absolute Gasteiger partial charge is 0.465 e. The third-order valence-corrected chi connectivity index (χ3v) is 9.23. The van der Waals surface area contributed by atoms with Gasteiger partial charge in [0, 0.05) is 6.54 Å². The number of anilines is 1. The second-order valence-electron chi connectivity index (χ2n) is 11.4. The van der Waals surface area contributed by atoms with Crippen LogP contribution in [0.15, 0.2) is 79.9 Å². The Labute approximate surface area is 251 Å². The Bertz CT molecular complexity index is 1370. The zero-order valence-electron chi connectivity index (χ0n) is 23.8. The van der Waals surface area contributed by atoms with Gasteiger partial charge in [-0.15, -0.1) is 13.2 Å². The molecular weight excluding hydrogens is 556 g/mol. The molecule has 0 aliphatic carbocycles. The molecular formula is C33H37ClN2O6. The van der Waals surface area contributed by atoms with Crippen molar-refractivity contribution in [3.63, 3.8) is 0 Å². The van der Waals surface area contributed by atoms with Crippen molar-refractivity contribution in [3.05, 3.63) is 90.5 Å². The standard InChI is InChI=1S/C33H37ClN2O6/c1-4-6-19-41-31(40)27-26-29(38)36(23(21-37)20-22-12-8-7-9-13-22)28(33(26)17-16-32(27,3)42-33)30(39)35(18-5-2)25-15-11-10-14-24(25)34/h4-5,7-15,23,26-28,37H,1-2,6,16-21H2,3H3/t23-,26+,27-,28?,32+,33?/m1/s1. The number of hydrogen-bond donors (Lipinski definition) is 1. The van der Waals surface area contributed by atoms with Gasteiger partial charge in [0.1, 0.15) is 17.6 Å². The van der Waals surface area contributed by atoms with Crippen LogP contribution >= 0.6 is 11.6 Å². The van der Waals surface area contributed by atoms with Crippen LogP contribution in [-0.2, 0) is 30.3 Å². The van der Waals surface area contributed by atoms with Crippen LogP contribution in [0.5, 0.6) is 0 Å². The average molecular weight is 593 g/mol. The molecule has 2 aromatic rings. The van der Waals surface area contributed by atoms with Gasteiger partial charge in [-0.25, -0.2) is 0 Å². The van der Waals surface area contributed by atoms with Gasteiger partial charge in [0.2, 0.25) is 5.91 Å². The van der Waals surface area contributed by atoms with Gasteiger partial charge < -0.3 is 24.4 Å². The first-order valence-corrected chi connectivity index (χ1v) is 14.7. The number of ether oxygens (including phenoxy) is 2. The molecule has 3 aliphatic heterocycles. The fourth-order valence-electron chi connectivity index (χ4n) is 7.12. The Balaban J connectivity index is 1.61. The summed E-state index contributed by atoms with van der Waals surface area (Å²) in [5, 5.41) is 11.0. The highest BCUT2D eigenvalue weighted by Gasteiger charge is 2.79. The predicted molar refractivity (Wildman–Crippen MR) is 160 cm³/mol. The fraction of sp³-hybridized carbons (Fsp3) is 0.424. The average Bonchev–Trinajstić information content (AvgIpc) is 3.56. The lowest BCUT2D eigenvalue weighted by molar-refractivity contribution is -0.160. The van der Waals surface area contributed by atoms with E-state index in [0.717, 1.165) is 5.56 Å². The lowest BCUT2D eigenvalue weighted by atomic mass is 9.66. The van der Waals surface area contributed by atoms with E-state index < -0.39 is 52.9 Å². The zero-order chi connectivity index (χ0) is 30.1. The van der Waals surface area contributed by atoms with E-state index in [1.54, 1.807) is 36.4 Å². The minimum absolute atomic E-state index is 0.134. The van der Waals surface area contributed by atoms with Crippen molar-refractivity contribution in [2.45, 2.75) is 55.9 Å². The summed E-state index contributed by atoms with van der Waals surface area (Å²) < 4.78 is 12.3. The Morgan fingerprint density at radius 2 is 1.88 bits per heavy atom. The number of aliphatic hydroxyl groups is 1. The van der Waals surface area contributed by atoms with E-state index in [9.17, 15) is 19.5 Å². The number of benzene rings is 2. The first-order chi connectivity index (χ1) is 20.2. The number of amides is 2. The molecule has 42 heavy (non-hydrogen) atoms. The number of fused-ring (bicyclic) bond motifs is 1. The highest BCUT2D eigenvalue weighted by Crippen LogP contribution is 2.64. The monoisotopic (exact) mass is 592 g/mol. The molecule has 222 valence electrons. The molecule has 9 heteroatoms. The topological polar surface area (TPSA) is 96.4 Å². The highest BCUT2D eigenvalue weighted by atomic mass is 35.5. The van der Waals surface area contributed by atoms with E-state index >= 15 is 0 Å². The Kier molecular flexibility index (Phi) is 8.60. The van der Waals surface area contributed by atoms with Crippen molar-refractivity contribution < 1.29 is 29.0 Å². The van der Waals surface area contributed by atoms with Gasteiger partial charge >= 0.3 is 5.97 Å². The van der Waals surface area contributed by atoms with Gasteiger partial charge in [-0.1, -0.05) is 66.2 Å². The van der Waals surface area contributed by atoms with Crippen LogP contribution in [0.4, 0.5) is 5.69 Å². The summed E-state index contributed by atoms with van der Waals surface area (Å²) in [5.74, 6) is -3.16. The number of para-hydroxylation sites is 1. The summed E-state index contributed by atoms with van der Waals surface area (Å²) >= 11 is 6.55. The maximum atomic E-state index is 14.8. The van der Waals surface area contributed by atoms with Gasteiger partial charge in [-0.3, -0.25) is 14.4 Å². The molecule has 3 fully saturated rings. The van der Waals surface area contributed by atoms with E-state index in [-0.39, 0.29) is 19.8 Å². The normalized spacial score (nSPS) is 28.3. The second kappa shape index (κ2) is 12.0. The van der Waals surface area contributed by atoms with Crippen molar-refractivity contribution in [3.8, 4) is 0 Å². The number of carbonyl (C=O) groups is 3. The van der Waals surface area contributed by atoms with Crippen LogP contribution in [0.3, 0.4) is 0 Å². The first kappa shape index (κ1) is 30.0. The number of esters is 1. The van der Waals surface area contributed by atoms with E-state index in [1.807, 2.05) is 37.3 Å². The Morgan fingerprint density at radius 3 is 2.55 bits per heavy atom. The maximum Gasteiger partial charge on any atom is 0.312 e. The van der Waals surface area contributed by atoms with Gasteiger partial charge in [0.05, 0.1) is 41.5 Å². The minimum Gasteiger partial charge on any atom is -0.465 e. The van der Waals surface area contributed by atoms with Crippen LogP contribution in [0, 0.1) is 11.8 Å². The number of rotatable bonds is 12. The lowest BCUT2D eigenvalue weighted by Gasteiger charge is -2.39. The summed E-state index contributed by atoms with van der Waals surface area (Å²) in [7, 11) is 0. The maximum absolute atomic E-state index is 14.8. The summed E-state index contributed by atoms with van der Waals surface area (Å²) in [6.45, 7) is 9.23. The van der Waals surface area contributed by atoms with Crippen LogP contribution in [0.2, 0.25) is 5.02 Å². The molecule has 2 aromatic carbocycles. The molecule has 0 aromatic heterocycles. The van der Waals surface area contributed by atoms with Gasteiger partial charge in [-0.05, 0) is 50.3 Å². The van der Waals surface area contributed by atoms with Crippen molar-refractivity contribution in [2.24, 2.45) is 11.8 Å². The SMILES string of the molecule is C=CCCOC(=O)[C@H]1[C@H]2C(=O)N([C@@H](CO)Cc3ccccc3)C(C(=O)N(CC=C)c3ccccc3Cl)C23CC[C@]1(C)O3. The molecule has 3 heterocycles. The second-order valence-corrected chi connectivity index (χ2v) is 11.8. The quantitative estimate of drug-likeness (QED) is 0.224. The summed E-state index contributed by atoms with van der Waals surface area (Å²) in [5.41, 5.74) is -0.885. The molecule has 2 amide bonds. The number of carbonyl (C=O) groups excluding carboxylic acids is 3. The minimum atomic E-state index is -1.28. The third kappa shape index (κ3) is 4.95. The first-order valence-electron chi connectivity index (χ1n) is 14.3. The van der Waals surface area contributed by atoms with E-state index in [0.29, 0.717) is 36.4 Å². The van der Waals surface area contributed by atoms with Crippen molar-refractivity contribution in [1.29, 1.82) is 0 Å². The van der Waals surface area contributed by atoms with Crippen LogP contribution < -0.4 is 4.90 Å². The van der Waals surface area contributed by atoms with Gasteiger partial charge in [0.15, 0.2) is 0 Å². The molecule has 1 spiro atoms. The molecule has 3 saturated heterocycles. The molecule has 3 aliphatic rings. The number of hydrogen-bond acceptors (Lipinski definition) is 6.